The molecule has 0 aromatic carbocycles. The highest BCUT2D eigenvalue weighted by Gasteiger charge is 2.18. The van der Waals surface area contributed by atoms with Gasteiger partial charge in [0.15, 0.2) is 0 Å². The summed E-state index contributed by atoms with van der Waals surface area (Å²) in [5.74, 6) is -0.0505. The second kappa shape index (κ2) is 6.04. The molecule has 0 aliphatic rings. The van der Waals surface area contributed by atoms with Crippen LogP contribution < -0.4 is 5.32 Å². The van der Waals surface area contributed by atoms with Crippen LogP contribution in [0.25, 0.3) is 5.69 Å². The van der Waals surface area contributed by atoms with Crippen LogP contribution in [0.4, 0.5) is 0 Å². The Morgan fingerprint density at radius 2 is 2.11 bits per heavy atom. The van der Waals surface area contributed by atoms with E-state index in [1.807, 2.05) is 54.4 Å². The number of aromatic nitrogens is 1. The van der Waals surface area contributed by atoms with E-state index in [1.54, 1.807) is 0 Å². The summed E-state index contributed by atoms with van der Waals surface area (Å²) in [5, 5.41) is 13.9. The van der Waals surface area contributed by atoms with E-state index in [2.05, 4.69) is 5.32 Å². The van der Waals surface area contributed by atoms with Gasteiger partial charge < -0.3 is 15.0 Å². The van der Waals surface area contributed by atoms with Crippen LogP contribution in [-0.4, -0.2) is 28.2 Å². The molecular weight excluding hydrogens is 260 g/mol. The van der Waals surface area contributed by atoms with E-state index in [9.17, 15) is 4.79 Å². The topological polar surface area (TPSA) is 54.3 Å². The molecular formula is C14H18N2O2S. The second-order valence-electron chi connectivity index (χ2n) is 4.65. The Bertz CT molecular complexity index is 533. The smallest absolute Gasteiger partial charge is 0.263 e. The fourth-order valence-electron chi connectivity index (χ4n) is 1.74. The van der Waals surface area contributed by atoms with Crippen LogP contribution in [0.5, 0.6) is 0 Å². The molecule has 0 saturated carbocycles. The SMILES string of the molecule is CC(CO)C(C)NC(=O)c1sccc1-n1cccc1. The van der Waals surface area contributed by atoms with E-state index < -0.39 is 0 Å². The third-order valence-corrected chi connectivity index (χ3v) is 4.14. The van der Waals surface area contributed by atoms with Crippen LogP contribution in [0.2, 0.25) is 0 Å². The summed E-state index contributed by atoms with van der Waals surface area (Å²) in [6.45, 7) is 3.88. The number of aliphatic hydroxyl groups is 1. The van der Waals surface area contributed by atoms with Crippen molar-refractivity contribution in [1.29, 1.82) is 0 Å². The minimum absolute atomic E-state index is 0.0407. The summed E-state index contributed by atoms with van der Waals surface area (Å²) in [7, 11) is 0. The number of nitrogens with zero attached hydrogens (tertiary/aromatic N) is 1. The molecule has 4 nitrogen and oxygen atoms in total. The number of carbonyl (C=O) groups is 1. The molecule has 0 radical (unpaired) electrons. The van der Waals surface area contributed by atoms with Crippen molar-refractivity contribution >= 4 is 17.2 Å². The molecule has 2 atom stereocenters. The Balaban J connectivity index is 2.15. The van der Waals surface area contributed by atoms with Crippen molar-refractivity contribution in [2.24, 2.45) is 5.92 Å². The highest BCUT2D eigenvalue weighted by atomic mass is 32.1. The molecule has 19 heavy (non-hydrogen) atoms. The van der Waals surface area contributed by atoms with Crippen molar-refractivity contribution in [3.63, 3.8) is 0 Å². The van der Waals surface area contributed by atoms with Gasteiger partial charge in [-0.1, -0.05) is 6.92 Å². The van der Waals surface area contributed by atoms with Crippen LogP contribution >= 0.6 is 11.3 Å². The summed E-state index contributed by atoms with van der Waals surface area (Å²) < 4.78 is 1.92. The maximum atomic E-state index is 12.3. The van der Waals surface area contributed by atoms with Gasteiger partial charge in [0, 0.05) is 25.0 Å². The molecule has 0 aliphatic carbocycles. The standard InChI is InChI=1S/C14H18N2O2S/c1-10(9-17)11(2)15-14(18)13-12(5-8-19-13)16-6-3-4-7-16/h3-8,10-11,17H,9H2,1-2H3,(H,15,18). The molecule has 0 fully saturated rings. The monoisotopic (exact) mass is 278 g/mol. The number of rotatable bonds is 5. The van der Waals surface area contributed by atoms with Crippen molar-refractivity contribution in [2.75, 3.05) is 6.61 Å². The van der Waals surface area contributed by atoms with Gasteiger partial charge >= 0.3 is 0 Å². The quantitative estimate of drug-likeness (QED) is 0.881. The van der Waals surface area contributed by atoms with Crippen LogP contribution in [0.3, 0.4) is 0 Å². The summed E-state index contributed by atoms with van der Waals surface area (Å²) in [4.78, 5) is 12.9. The number of thiophene rings is 1. The Morgan fingerprint density at radius 3 is 2.74 bits per heavy atom. The molecule has 2 heterocycles. The van der Waals surface area contributed by atoms with Crippen LogP contribution in [0, 0.1) is 5.92 Å². The summed E-state index contributed by atoms with van der Waals surface area (Å²) in [6, 6.07) is 5.72. The first-order chi connectivity index (χ1) is 9.13. The third-order valence-electron chi connectivity index (χ3n) is 3.23. The van der Waals surface area contributed by atoms with Gasteiger partial charge in [0.25, 0.3) is 5.91 Å². The molecule has 0 spiro atoms. The van der Waals surface area contributed by atoms with Gasteiger partial charge in [0.1, 0.15) is 4.88 Å². The van der Waals surface area contributed by atoms with E-state index in [0.717, 1.165) is 5.69 Å². The molecule has 5 heteroatoms. The number of hydrogen-bond acceptors (Lipinski definition) is 3. The maximum Gasteiger partial charge on any atom is 0.263 e. The molecule has 0 bridgehead atoms. The molecule has 1 amide bonds. The average molecular weight is 278 g/mol. The number of amides is 1. The number of carbonyl (C=O) groups excluding carboxylic acids is 1. The van der Waals surface area contributed by atoms with Gasteiger partial charge in [-0.3, -0.25) is 4.79 Å². The number of nitrogens with one attached hydrogen (secondary N) is 1. The minimum Gasteiger partial charge on any atom is -0.396 e. The Hall–Kier alpha value is -1.59. The largest absolute Gasteiger partial charge is 0.396 e. The summed E-state index contributed by atoms with van der Waals surface area (Å²) >= 11 is 1.42. The highest BCUT2D eigenvalue weighted by Crippen LogP contribution is 2.21. The fraction of sp³-hybridized carbons (Fsp3) is 0.357. The third kappa shape index (κ3) is 3.05. The zero-order valence-corrected chi connectivity index (χ0v) is 11.9. The number of aliphatic hydroxyl groups excluding tert-OH is 1. The van der Waals surface area contributed by atoms with Gasteiger partial charge in [0.05, 0.1) is 5.69 Å². The molecule has 2 aromatic rings. The van der Waals surface area contributed by atoms with Crippen LogP contribution in [-0.2, 0) is 0 Å². The predicted molar refractivity (Wildman–Crippen MR) is 76.8 cm³/mol. The molecule has 102 valence electrons. The van der Waals surface area contributed by atoms with Gasteiger partial charge in [-0.2, -0.15) is 0 Å². The lowest BCUT2D eigenvalue weighted by atomic mass is 10.1. The van der Waals surface area contributed by atoms with Crippen molar-refractivity contribution in [3.05, 3.63) is 40.8 Å². The first kappa shape index (κ1) is 13.8. The number of hydrogen-bond donors (Lipinski definition) is 2. The first-order valence-corrected chi connectivity index (χ1v) is 7.14. The predicted octanol–water partition coefficient (Wildman–Crippen LogP) is 2.29. The van der Waals surface area contributed by atoms with Gasteiger partial charge in [0.2, 0.25) is 0 Å². The average Bonchev–Trinajstić information content (AvgIpc) is 3.06. The van der Waals surface area contributed by atoms with E-state index in [0.29, 0.717) is 4.88 Å². The normalized spacial score (nSPS) is 14.1. The molecule has 2 rings (SSSR count). The van der Waals surface area contributed by atoms with Gasteiger partial charge in [-0.25, -0.2) is 0 Å². The lowest BCUT2D eigenvalue weighted by Gasteiger charge is -2.19. The van der Waals surface area contributed by atoms with Gasteiger partial charge in [-0.05, 0) is 36.4 Å². The molecule has 0 saturated heterocycles. The van der Waals surface area contributed by atoms with Crippen molar-refractivity contribution < 1.29 is 9.90 Å². The Kier molecular flexibility index (Phi) is 4.39. The van der Waals surface area contributed by atoms with Gasteiger partial charge in [-0.15, -0.1) is 11.3 Å². The summed E-state index contributed by atoms with van der Waals surface area (Å²) in [5.41, 5.74) is 0.886. The van der Waals surface area contributed by atoms with Crippen molar-refractivity contribution in [3.8, 4) is 5.69 Å². The zero-order chi connectivity index (χ0) is 13.8. The van der Waals surface area contributed by atoms with Crippen molar-refractivity contribution in [1.82, 2.24) is 9.88 Å². The molecule has 0 aliphatic heterocycles. The van der Waals surface area contributed by atoms with Crippen LogP contribution in [0.1, 0.15) is 23.5 Å². The maximum absolute atomic E-state index is 12.3. The minimum atomic E-state index is -0.0912. The molecule has 2 unspecified atom stereocenters. The second-order valence-corrected chi connectivity index (χ2v) is 5.56. The Labute approximate surface area is 116 Å². The van der Waals surface area contributed by atoms with Crippen LogP contribution in [0.15, 0.2) is 36.0 Å². The van der Waals surface area contributed by atoms with E-state index in [1.165, 1.54) is 11.3 Å². The van der Waals surface area contributed by atoms with E-state index >= 15 is 0 Å². The lowest BCUT2D eigenvalue weighted by molar-refractivity contribution is 0.0920. The zero-order valence-electron chi connectivity index (χ0n) is 11.0. The molecule has 2 aromatic heterocycles. The highest BCUT2D eigenvalue weighted by molar-refractivity contribution is 7.12. The lowest BCUT2D eigenvalue weighted by Crippen LogP contribution is -2.38. The summed E-state index contributed by atoms with van der Waals surface area (Å²) in [6.07, 6.45) is 3.83. The molecule has 2 N–H and O–H groups in total. The van der Waals surface area contributed by atoms with E-state index in [4.69, 9.17) is 5.11 Å². The first-order valence-electron chi connectivity index (χ1n) is 6.26. The fourth-order valence-corrected chi connectivity index (χ4v) is 2.54. The van der Waals surface area contributed by atoms with Crippen molar-refractivity contribution in [2.45, 2.75) is 19.9 Å². The Morgan fingerprint density at radius 1 is 1.42 bits per heavy atom. The van der Waals surface area contributed by atoms with E-state index in [-0.39, 0.29) is 24.5 Å².